The van der Waals surface area contributed by atoms with E-state index in [9.17, 15) is 13.6 Å². The highest BCUT2D eigenvalue weighted by atomic mass is 19.3. The maximum atomic E-state index is 13.4. The van der Waals surface area contributed by atoms with Crippen molar-refractivity contribution < 1.29 is 18.3 Å². The van der Waals surface area contributed by atoms with Crippen molar-refractivity contribution in [2.24, 2.45) is 7.05 Å². The molecule has 0 radical (unpaired) electrons. The van der Waals surface area contributed by atoms with E-state index in [-0.39, 0.29) is 5.56 Å². The number of carbonyl (C=O) groups excluding carboxylic acids is 1. The Labute approximate surface area is 156 Å². The summed E-state index contributed by atoms with van der Waals surface area (Å²) in [6.45, 7) is 0.882. The second-order valence-corrected chi connectivity index (χ2v) is 6.55. The van der Waals surface area contributed by atoms with Gasteiger partial charge in [0.05, 0.1) is 24.7 Å². The summed E-state index contributed by atoms with van der Waals surface area (Å²) in [6.07, 6.45) is 4.08. The van der Waals surface area contributed by atoms with Gasteiger partial charge in [0.1, 0.15) is 0 Å². The highest BCUT2D eigenvalue weighted by Crippen LogP contribution is 2.29. The fourth-order valence-corrected chi connectivity index (χ4v) is 2.90. The second kappa shape index (κ2) is 7.31. The molecule has 0 fully saturated rings. The van der Waals surface area contributed by atoms with Crippen molar-refractivity contribution in [3.05, 3.63) is 77.2 Å². The van der Waals surface area contributed by atoms with Crippen molar-refractivity contribution in [2.45, 2.75) is 19.3 Å². The highest BCUT2D eigenvalue weighted by Gasteiger charge is 2.23. The zero-order chi connectivity index (χ0) is 19.6. The van der Waals surface area contributed by atoms with Crippen LogP contribution in [0.2, 0.25) is 0 Å². The molecule has 0 saturated carbocycles. The predicted molar refractivity (Wildman–Crippen MR) is 98.8 cm³/mol. The van der Waals surface area contributed by atoms with Crippen molar-refractivity contribution in [2.75, 3.05) is 7.11 Å². The Morgan fingerprint density at radius 2 is 1.89 bits per heavy atom. The van der Waals surface area contributed by atoms with Crippen molar-refractivity contribution in [1.82, 2.24) is 9.55 Å². The fraction of sp³-hybridized carbons (Fsp3) is 0.238. The Kier molecular flexibility index (Phi) is 5.08. The van der Waals surface area contributed by atoms with Gasteiger partial charge in [-0.15, -0.1) is 0 Å². The molecule has 1 aromatic heterocycles. The van der Waals surface area contributed by atoms with Crippen LogP contribution in [-0.2, 0) is 24.1 Å². The third-order valence-corrected chi connectivity index (χ3v) is 4.37. The van der Waals surface area contributed by atoms with E-state index in [4.69, 9.17) is 4.74 Å². The lowest BCUT2D eigenvalue weighted by atomic mass is 9.95. The quantitative estimate of drug-likeness (QED) is 0.618. The van der Waals surface area contributed by atoms with E-state index >= 15 is 0 Å². The number of esters is 1. The predicted octanol–water partition coefficient (Wildman–Crippen LogP) is 4.58. The molecule has 0 unspecified atom stereocenters. The molecule has 0 aliphatic heterocycles. The molecule has 3 rings (SSSR count). The van der Waals surface area contributed by atoms with Gasteiger partial charge in [-0.05, 0) is 29.7 Å². The lowest BCUT2D eigenvalue weighted by Crippen LogP contribution is -2.06. The molecule has 6 heteroatoms. The summed E-state index contributed by atoms with van der Waals surface area (Å²) in [6, 6.07) is 11.6. The van der Waals surface area contributed by atoms with Crippen LogP contribution < -0.4 is 0 Å². The summed E-state index contributed by atoms with van der Waals surface area (Å²) in [4.78, 5) is 16.3. The largest absolute Gasteiger partial charge is 0.465 e. The number of imidazole rings is 1. The van der Waals surface area contributed by atoms with E-state index in [1.165, 1.54) is 19.2 Å². The topological polar surface area (TPSA) is 44.1 Å². The molecule has 0 aliphatic rings. The van der Waals surface area contributed by atoms with Crippen LogP contribution in [0.3, 0.4) is 0 Å². The monoisotopic (exact) mass is 370 g/mol. The van der Waals surface area contributed by atoms with Crippen LogP contribution >= 0.6 is 0 Å². The van der Waals surface area contributed by atoms with Crippen molar-refractivity contribution in [1.29, 1.82) is 0 Å². The molecule has 0 N–H and O–H groups in total. The van der Waals surface area contributed by atoms with Gasteiger partial charge in [-0.25, -0.2) is 18.6 Å². The maximum absolute atomic E-state index is 13.4. The van der Waals surface area contributed by atoms with E-state index in [2.05, 4.69) is 4.98 Å². The number of aryl methyl sites for hydroxylation is 1. The van der Waals surface area contributed by atoms with Crippen LogP contribution in [0.15, 0.2) is 55.0 Å². The molecule has 0 spiro atoms. The summed E-state index contributed by atoms with van der Waals surface area (Å²) in [5.74, 6) is -3.28. The first-order chi connectivity index (χ1) is 12.8. The molecule has 1 heterocycles. The lowest BCUT2D eigenvalue weighted by Gasteiger charge is -2.13. The molecule has 4 nitrogen and oxygen atoms in total. The molecule has 27 heavy (non-hydrogen) atoms. The Hall–Kier alpha value is -3.02. The molecule has 0 aliphatic carbocycles. The number of methoxy groups -OCH3 is 1. The molecule has 140 valence electrons. The number of alkyl halides is 2. The minimum absolute atomic E-state index is 0.0164. The molecule has 2 aromatic carbocycles. The summed E-state index contributed by atoms with van der Waals surface area (Å²) in [5.41, 5.74) is 3.79. The third kappa shape index (κ3) is 4.22. The summed E-state index contributed by atoms with van der Waals surface area (Å²) in [7, 11) is 3.20. The smallest absolute Gasteiger partial charge is 0.337 e. The number of benzene rings is 2. The Bertz CT molecular complexity index is 957. The molecular weight excluding hydrogens is 350 g/mol. The van der Waals surface area contributed by atoms with Crippen LogP contribution in [0.1, 0.15) is 34.0 Å². The maximum Gasteiger partial charge on any atom is 0.337 e. The van der Waals surface area contributed by atoms with Crippen LogP contribution in [0.5, 0.6) is 0 Å². The van der Waals surface area contributed by atoms with Crippen LogP contribution in [0.25, 0.3) is 11.3 Å². The minimum Gasteiger partial charge on any atom is -0.465 e. The van der Waals surface area contributed by atoms with E-state index in [0.29, 0.717) is 12.0 Å². The Balaban J connectivity index is 1.98. The van der Waals surface area contributed by atoms with Crippen LogP contribution in [0, 0.1) is 0 Å². The lowest BCUT2D eigenvalue weighted by molar-refractivity contribution is 0.0174. The van der Waals surface area contributed by atoms with Crippen molar-refractivity contribution in [3.63, 3.8) is 0 Å². The van der Waals surface area contributed by atoms with Gasteiger partial charge in [0.15, 0.2) is 0 Å². The molecule has 0 atom stereocenters. The molecule has 3 aromatic rings. The molecular formula is C21H20F2N2O2. The Morgan fingerprint density at radius 1 is 1.19 bits per heavy atom. The number of ether oxygens (including phenoxy) is 1. The van der Waals surface area contributed by atoms with Gasteiger partial charge < -0.3 is 9.30 Å². The van der Waals surface area contributed by atoms with Gasteiger partial charge in [-0.2, -0.15) is 0 Å². The fourth-order valence-electron chi connectivity index (χ4n) is 2.90. The number of nitrogens with zero attached hydrogens (tertiary/aromatic N) is 2. The van der Waals surface area contributed by atoms with Gasteiger partial charge in [0, 0.05) is 31.3 Å². The standard InChI is InChI=1S/C21H20F2N2O2/c1-21(22,23)17-8-4-14(5-9-17)10-15-6-7-16(20(26)27-3)11-18(15)19-12-25(2)13-24-19/h4-9,11-13H,10H2,1-3H3. The SMILES string of the molecule is COC(=O)c1ccc(Cc2ccc(C(C)(F)F)cc2)c(-c2cn(C)cn2)c1. The van der Waals surface area contributed by atoms with Gasteiger partial charge in [-0.1, -0.05) is 30.3 Å². The second-order valence-electron chi connectivity index (χ2n) is 6.55. The molecule has 0 bridgehead atoms. The van der Waals surface area contributed by atoms with Gasteiger partial charge in [0.2, 0.25) is 0 Å². The first kappa shape index (κ1) is 18.8. The van der Waals surface area contributed by atoms with Crippen molar-refractivity contribution in [3.8, 4) is 11.3 Å². The zero-order valence-electron chi connectivity index (χ0n) is 15.4. The van der Waals surface area contributed by atoms with Gasteiger partial charge in [0.25, 0.3) is 5.92 Å². The van der Waals surface area contributed by atoms with Crippen molar-refractivity contribution >= 4 is 5.97 Å². The number of aromatic nitrogens is 2. The number of hydrogen-bond donors (Lipinski definition) is 0. The van der Waals surface area contributed by atoms with E-state index in [1.807, 2.05) is 23.9 Å². The van der Waals surface area contributed by atoms with Gasteiger partial charge in [-0.3, -0.25) is 0 Å². The first-order valence-electron chi connectivity index (χ1n) is 8.45. The highest BCUT2D eigenvalue weighted by molar-refractivity contribution is 5.91. The molecule has 0 amide bonds. The number of carbonyl (C=O) groups is 1. The minimum atomic E-state index is -2.86. The Morgan fingerprint density at radius 3 is 2.44 bits per heavy atom. The normalized spacial score (nSPS) is 11.4. The van der Waals surface area contributed by atoms with E-state index in [1.54, 1.807) is 30.6 Å². The summed E-state index contributed by atoms with van der Waals surface area (Å²) < 4.78 is 33.4. The number of halogens is 2. The first-order valence-corrected chi connectivity index (χ1v) is 8.45. The van der Waals surface area contributed by atoms with E-state index < -0.39 is 11.9 Å². The van der Waals surface area contributed by atoms with Crippen LogP contribution in [0.4, 0.5) is 8.78 Å². The number of hydrogen-bond acceptors (Lipinski definition) is 3. The van der Waals surface area contributed by atoms with Gasteiger partial charge >= 0.3 is 5.97 Å². The molecule has 0 saturated heterocycles. The van der Waals surface area contributed by atoms with Crippen LogP contribution in [-0.4, -0.2) is 22.6 Å². The van der Waals surface area contributed by atoms with E-state index in [0.717, 1.165) is 29.3 Å². The summed E-state index contributed by atoms with van der Waals surface area (Å²) in [5, 5.41) is 0. The average Bonchev–Trinajstić information content (AvgIpc) is 3.07. The summed E-state index contributed by atoms with van der Waals surface area (Å²) >= 11 is 0. The number of rotatable bonds is 5. The average molecular weight is 370 g/mol. The zero-order valence-corrected chi connectivity index (χ0v) is 15.4. The third-order valence-electron chi connectivity index (χ3n) is 4.37.